The zero-order valence-electron chi connectivity index (χ0n) is 14.0. The molecule has 0 radical (unpaired) electrons. The van der Waals surface area contributed by atoms with Gasteiger partial charge in [-0.3, -0.25) is 9.89 Å². The smallest absolute Gasteiger partial charge is 0.226 e. The van der Waals surface area contributed by atoms with Crippen LogP contribution in [0.2, 0.25) is 0 Å². The molecule has 4 rings (SSSR count). The normalized spacial score (nSPS) is 15.9. The summed E-state index contributed by atoms with van der Waals surface area (Å²) in [6, 6.07) is 13.3. The number of aromatic nitrogens is 2. The summed E-state index contributed by atoms with van der Waals surface area (Å²) in [4.78, 5) is 12.0. The van der Waals surface area contributed by atoms with Crippen molar-refractivity contribution in [1.82, 2.24) is 10.2 Å². The van der Waals surface area contributed by atoms with Crippen LogP contribution in [0.3, 0.4) is 0 Å². The highest BCUT2D eigenvalue weighted by atomic mass is 79.9. The van der Waals surface area contributed by atoms with Crippen LogP contribution < -0.4 is 14.8 Å². The van der Waals surface area contributed by atoms with Gasteiger partial charge in [0.1, 0.15) is 5.75 Å². The first kappa shape index (κ1) is 16.7. The number of methoxy groups -OCH3 is 1. The van der Waals surface area contributed by atoms with Crippen molar-refractivity contribution in [3.63, 3.8) is 0 Å². The van der Waals surface area contributed by atoms with Gasteiger partial charge < -0.3 is 14.8 Å². The number of carbonyl (C=O) groups is 1. The fourth-order valence-electron chi connectivity index (χ4n) is 3.08. The second-order valence-electron chi connectivity index (χ2n) is 5.96. The van der Waals surface area contributed by atoms with E-state index in [1.165, 1.54) is 0 Å². The van der Waals surface area contributed by atoms with Gasteiger partial charge in [0.05, 0.1) is 7.11 Å². The molecule has 1 aliphatic heterocycles. The molecule has 1 amide bonds. The van der Waals surface area contributed by atoms with Gasteiger partial charge in [-0.1, -0.05) is 28.1 Å². The second-order valence-corrected chi connectivity index (χ2v) is 6.88. The fraction of sp³-hybridized carbons (Fsp3) is 0.158. The Bertz CT molecular complexity index is 970. The number of nitrogens with one attached hydrogen (secondary N) is 2. The summed E-state index contributed by atoms with van der Waals surface area (Å²) in [5.41, 5.74) is 1.94. The van der Waals surface area contributed by atoms with E-state index in [0.717, 1.165) is 15.6 Å². The van der Waals surface area contributed by atoms with E-state index in [1.54, 1.807) is 7.11 Å². The standard InChI is InChI=1S/C19H16BrN3O3/c1-25-17-7-11(14-9-18(24)22-19-15(14)10-21-23-19)5-6-16(17)26-13-4-2-3-12(20)8-13/h2-8,10,14H,9H2,1H3,(H2,21,22,23,24). The zero-order chi connectivity index (χ0) is 18.1. The molecule has 2 aromatic carbocycles. The first-order chi connectivity index (χ1) is 12.6. The van der Waals surface area contributed by atoms with Crippen molar-refractivity contribution >= 4 is 27.7 Å². The lowest BCUT2D eigenvalue weighted by Crippen LogP contribution is -2.22. The highest BCUT2D eigenvalue weighted by Crippen LogP contribution is 2.40. The Balaban J connectivity index is 1.67. The molecule has 132 valence electrons. The van der Waals surface area contributed by atoms with Gasteiger partial charge in [-0.15, -0.1) is 0 Å². The molecule has 3 aromatic rings. The topological polar surface area (TPSA) is 76.2 Å². The molecule has 26 heavy (non-hydrogen) atoms. The van der Waals surface area contributed by atoms with E-state index in [2.05, 4.69) is 31.4 Å². The third-order valence-corrected chi connectivity index (χ3v) is 4.80. The molecule has 0 saturated carbocycles. The highest BCUT2D eigenvalue weighted by Gasteiger charge is 2.29. The van der Waals surface area contributed by atoms with E-state index < -0.39 is 0 Å². The number of anilines is 1. The number of carbonyl (C=O) groups excluding carboxylic acids is 1. The molecule has 1 unspecified atom stereocenters. The number of ether oxygens (including phenoxy) is 2. The van der Waals surface area contributed by atoms with Crippen molar-refractivity contribution in [3.05, 3.63) is 64.3 Å². The summed E-state index contributed by atoms with van der Waals surface area (Å²) in [5, 5.41) is 9.68. The molecular weight excluding hydrogens is 398 g/mol. The second kappa shape index (κ2) is 6.84. The van der Waals surface area contributed by atoms with Gasteiger partial charge in [-0.2, -0.15) is 5.10 Å². The quantitative estimate of drug-likeness (QED) is 0.662. The minimum Gasteiger partial charge on any atom is -0.493 e. The van der Waals surface area contributed by atoms with Crippen LogP contribution >= 0.6 is 15.9 Å². The molecular formula is C19H16BrN3O3. The van der Waals surface area contributed by atoms with E-state index in [-0.39, 0.29) is 11.8 Å². The van der Waals surface area contributed by atoms with Gasteiger partial charge in [-0.05, 0) is 35.9 Å². The molecule has 0 spiro atoms. The lowest BCUT2D eigenvalue weighted by Gasteiger charge is -2.22. The number of amides is 1. The molecule has 0 aliphatic carbocycles. The fourth-order valence-corrected chi connectivity index (χ4v) is 3.46. The number of rotatable bonds is 4. The van der Waals surface area contributed by atoms with Gasteiger partial charge in [0.15, 0.2) is 17.3 Å². The van der Waals surface area contributed by atoms with Crippen LogP contribution in [0.5, 0.6) is 17.2 Å². The number of hydrogen-bond acceptors (Lipinski definition) is 4. The summed E-state index contributed by atoms with van der Waals surface area (Å²) < 4.78 is 12.4. The van der Waals surface area contributed by atoms with Crippen LogP contribution in [0.15, 0.2) is 53.1 Å². The van der Waals surface area contributed by atoms with Crippen LogP contribution in [0, 0.1) is 0 Å². The average molecular weight is 414 g/mol. The summed E-state index contributed by atoms with van der Waals surface area (Å²) in [6.45, 7) is 0. The van der Waals surface area contributed by atoms with E-state index in [9.17, 15) is 4.79 Å². The summed E-state index contributed by atoms with van der Waals surface area (Å²) in [6.07, 6.45) is 2.18. The molecule has 1 aromatic heterocycles. The number of fused-ring (bicyclic) bond motifs is 1. The Morgan fingerprint density at radius 3 is 2.88 bits per heavy atom. The number of nitrogens with zero attached hydrogens (tertiary/aromatic N) is 1. The molecule has 6 nitrogen and oxygen atoms in total. The van der Waals surface area contributed by atoms with Crippen molar-refractivity contribution in [2.24, 2.45) is 0 Å². The van der Waals surface area contributed by atoms with Crippen LogP contribution in [0.1, 0.15) is 23.5 Å². The number of aromatic amines is 1. The lowest BCUT2D eigenvalue weighted by atomic mass is 9.87. The van der Waals surface area contributed by atoms with E-state index >= 15 is 0 Å². The SMILES string of the molecule is COc1cc(C2CC(=O)Nc3n[nH]cc32)ccc1Oc1cccc(Br)c1. The monoisotopic (exact) mass is 413 g/mol. The average Bonchev–Trinajstić information content (AvgIpc) is 3.09. The Morgan fingerprint density at radius 2 is 2.08 bits per heavy atom. The molecule has 2 heterocycles. The minimum atomic E-state index is -0.0775. The molecule has 0 saturated heterocycles. The number of benzene rings is 2. The molecule has 2 N–H and O–H groups in total. The van der Waals surface area contributed by atoms with Crippen molar-refractivity contribution < 1.29 is 14.3 Å². The lowest BCUT2D eigenvalue weighted by molar-refractivity contribution is -0.116. The zero-order valence-corrected chi connectivity index (χ0v) is 15.5. The predicted molar refractivity (Wildman–Crippen MR) is 101 cm³/mol. The van der Waals surface area contributed by atoms with Gasteiger partial charge >= 0.3 is 0 Å². The highest BCUT2D eigenvalue weighted by molar-refractivity contribution is 9.10. The molecule has 0 bridgehead atoms. The van der Waals surface area contributed by atoms with Crippen LogP contribution in [-0.2, 0) is 4.79 Å². The molecule has 1 atom stereocenters. The maximum atomic E-state index is 12.0. The van der Waals surface area contributed by atoms with Crippen LogP contribution in [0.4, 0.5) is 5.82 Å². The van der Waals surface area contributed by atoms with Gasteiger partial charge in [0, 0.05) is 28.6 Å². The predicted octanol–water partition coefficient (Wildman–Crippen LogP) is 4.45. The van der Waals surface area contributed by atoms with Crippen LogP contribution in [0.25, 0.3) is 0 Å². The van der Waals surface area contributed by atoms with Crippen molar-refractivity contribution in [3.8, 4) is 17.2 Å². The summed E-state index contributed by atoms with van der Waals surface area (Å²) in [7, 11) is 1.60. The van der Waals surface area contributed by atoms with E-state index in [4.69, 9.17) is 9.47 Å². The summed E-state index contributed by atoms with van der Waals surface area (Å²) in [5.74, 6) is 2.38. The van der Waals surface area contributed by atoms with Gasteiger partial charge in [0.25, 0.3) is 0 Å². The first-order valence-corrected chi connectivity index (χ1v) is 8.88. The van der Waals surface area contributed by atoms with Crippen LogP contribution in [-0.4, -0.2) is 23.2 Å². The maximum absolute atomic E-state index is 12.0. The van der Waals surface area contributed by atoms with E-state index in [0.29, 0.717) is 29.5 Å². The molecule has 1 aliphatic rings. The Hall–Kier alpha value is -2.80. The third-order valence-electron chi connectivity index (χ3n) is 4.31. The van der Waals surface area contributed by atoms with Gasteiger partial charge in [0.2, 0.25) is 5.91 Å². The Labute approximate surface area is 158 Å². The number of halogens is 1. The van der Waals surface area contributed by atoms with E-state index in [1.807, 2.05) is 48.7 Å². The molecule has 0 fully saturated rings. The largest absolute Gasteiger partial charge is 0.493 e. The third kappa shape index (κ3) is 3.17. The van der Waals surface area contributed by atoms with Crippen molar-refractivity contribution in [2.75, 3.05) is 12.4 Å². The minimum absolute atomic E-state index is 0.0528. The Kier molecular flexibility index (Phi) is 4.38. The van der Waals surface area contributed by atoms with Gasteiger partial charge in [-0.25, -0.2) is 0 Å². The van der Waals surface area contributed by atoms with Crippen molar-refractivity contribution in [2.45, 2.75) is 12.3 Å². The maximum Gasteiger partial charge on any atom is 0.226 e. The summed E-state index contributed by atoms with van der Waals surface area (Å²) >= 11 is 3.43. The molecule has 7 heteroatoms. The Morgan fingerprint density at radius 1 is 1.19 bits per heavy atom. The number of H-pyrrole nitrogens is 1. The number of hydrogen-bond donors (Lipinski definition) is 2. The van der Waals surface area contributed by atoms with Crippen molar-refractivity contribution in [1.29, 1.82) is 0 Å². The first-order valence-electron chi connectivity index (χ1n) is 8.09.